The van der Waals surface area contributed by atoms with Gasteiger partial charge in [0.15, 0.2) is 11.5 Å². The highest BCUT2D eigenvalue weighted by molar-refractivity contribution is 5.85. The van der Waals surface area contributed by atoms with Gasteiger partial charge in [-0.15, -0.1) is 0 Å². The van der Waals surface area contributed by atoms with Gasteiger partial charge in [-0.25, -0.2) is 4.79 Å². The predicted molar refractivity (Wildman–Crippen MR) is 76.6 cm³/mol. The second-order valence-corrected chi connectivity index (χ2v) is 3.82. The van der Waals surface area contributed by atoms with Gasteiger partial charge in [0.25, 0.3) is 0 Å². The van der Waals surface area contributed by atoms with Gasteiger partial charge in [-0.3, -0.25) is 0 Å². The first kappa shape index (κ1) is 15.9. The molecule has 5 nitrogen and oxygen atoms in total. The number of ether oxygens (including phenoxy) is 3. The highest BCUT2D eigenvalue weighted by Crippen LogP contribution is 2.39. The average Bonchev–Trinajstić information content (AvgIpc) is 2.40. The summed E-state index contributed by atoms with van der Waals surface area (Å²) in [5.74, 6) is 0.633. The highest BCUT2D eigenvalue weighted by atomic mass is 16.5. The minimum absolute atomic E-state index is 0.484. The van der Waals surface area contributed by atoms with Crippen molar-refractivity contribution in [1.82, 2.24) is 0 Å². The summed E-state index contributed by atoms with van der Waals surface area (Å²) in [6, 6.07) is 3.47. The summed E-state index contributed by atoms with van der Waals surface area (Å²) < 4.78 is 16.6. The lowest BCUT2D eigenvalue weighted by molar-refractivity contribution is -0.131. The molecular formula is C15H20O5. The lowest BCUT2D eigenvalue weighted by Gasteiger charge is -2.16. The third kappa shape index (κ3) is 4.50. The van der Waals surface area contributed by atoms with Crippen LogP contribution in [0.3, 0.4) is 0 Å². The summed E-state index contributed by atoms with van der Waals surface area (Å²) in [6.07, 6.45) is 2.56. The molecule has 0 saturated heterocycles. The number of rotatable bonds is 8. The summed E-state index contributed by atoms with van der Waals surface area (Å²) in [6.45, 7) is 7.08. The molecule has 110 valence electrons. The molecule has 0 radical (unpaired) electrons. The van der Waals surface area contributed by atoms with Crippen molar-refractivity contribution in [2.24, 2.45) is 0 Å². The Morgan fingerprint density at radius 1 is 1.05 bits per heavy atom. The monoisotopic (exact) mass is 280 g/mol. The predicted octanol–water partition coefficient (Wildman–Crippen LogP) is 2.98. The molecule has 0 aliphatic rings. The zero-order valence-corrected chi connectivity index (χ0v) is 12.0. The summed E-state index contributed by atoms with van der Waals surface area (Å²) in [5, 5.41) is 8.68. The number of aliphatic carboxylic acids is 1. The second-order valence-electron chi connectivity index (χ2n) is 3.82. The number of carboxylic acids is 1. The first-order chi connectivity index (χ1) is 9.62. The third-order valence-corrected chi connectivity index (χ3v) is 2.35. The molecule has 0 spiro atoms. The van der Waals surface area contributed by atoms with Gasteiger partial charge in [0, 0.05) is 6.08 Å². The van der Waals surface area contributed by atoms with E-state index in [1.807, 2.05) is 20.8 Å². The Labute approximate surface area is 118 Å². The zero-order valence-electron chi connectivity index (χ0n) is 12.0. The first-order valence-corrected chi connectivity index (χ1v) is 6.59. The first-order valence-electron chi connectivity index (χ1n) is 6.59. The standard InChI is InChI=1S/C15H20O5/c1-4-18-12-9-11(7-8-14(16)17)10-13(19-5-2)15(12)20-6-3/h7-10H,4-6H2,1-3H3,(H,16,17). The normalized spacial score (nSPS) is 10.6. The fourth-order valence-electron chi connectivity index (χ4n) is 1.67. The van der Waals surface area contributed by atoms with E-state index in [0.717, 1.165) is 6.08 Å². The van der Waals surface area contributed by atoms with Gasteiger partial charge >= 0.3 is 5.97 Å². The number of carbonyl (C=O) groups is 1. The Balaban J connectivity index is 3.24. The maximum atomic E-state index is 10.6. The van der Waals surface area contributed by atoms with E-state index in [9.17, 15) is 4.79 Å². The van der Waals surface area contributed by atoms with Gasteiger partial charge < -0.3 is 19.3 Å². The molecule has 20 heavy (non-hydrogen) atoms. The van der Waals surface area contributed by atoms with E-state index in [0.29, 0.717) is 42.6 Å². The summed E-state index contributed by atoms with van der Waals surface area (Å²) >= 11 is 0. The molecule has 0 aliphatic carbocycles. The molecule has 0 heterocycles. The van der Waals surface area contributed by atoms with Crippen LogP contribution in [0.2, 0.25) is 0 Å². The molecule has 0 bridgehead atoms. The fourth-order valence-corrected chi connectivity index (χ4v) is 1.67. The van der Waals surface area contributed by atoms with Crippen LogP contribution in [0.5, 0.6) is 17.2 Å². The van der Waals surface area contributed by atoms with Gasteiger partial charge in [-0.2, -0.15) is 0 Å². The molecular weight excluding hydrogens is 260 g/mol. The van der Waals surface area contributed by atoms with Crippen molar-refractivity contribution in [2.45, 2.75) is 20.8 Å². The van der Waals surface area contributed by atoms with Crippen molar-refractivity contribution in [1.29, 1.82) is 0 Å². The van der Waals surface area contributed by atoms with Crippen molar-refractivity contribution in [3.63, 3.8) is 0 Å². The molecule has 1 N–H and O–H groups in total. The van der Waals surface area contributed by atoms with Crippen LogP contribution in [-0.2, 0) is 4.79 Å². The molecule has 1 aromatic carbocycles. The molecule has 0 amide bonds. The minimum Gasteiger partial charge on any atom is -0.490 e. The van der Waals surface area contributed by atoms with Gasteiger partial charge in [-0.1, -0.05) is 0 Å². The average molecular weight is 280 g/mol. The van der Waals surface area contributed by atoms with Crippen LogP contribution in [0.25, 0.3) is 6.08 Å². The molecule has 0 unspecified atom stereocenters. The van der Waals surface area contributed by atoms with E-state index < -0.39 is 5.97 Å². The molecule has 1 aromatic rings. The van der Waals surface area contributed by atoms with Crippen molar-refractivity contribution in [3.8, 4) is 17.2 Å². The number of benzene rings is 1. The summed E-state index contributed by atoms with van der Waals surface area (Å²) in [5.41, 5.74) is 0.683. The van der Waals surface area contributed by atoms with Crippen molar-refractivity contribution in [3.05, 3.63) is 23.8 Å². The topological polar surface area (TPSA) is 65.0 Å². The minimum atomic E-state index is -1.00. The highest BCUT2D eigenvalue weighted by Gasteiger charge is 2.14. The van der Waals surface area contributed by atoms with Crippen LogP contribution in [0.4, 0.5) is 0 Å². The van der Waals surface area contributed by atoms with E-state index in [1.54, 1.807) is 12.1 Å². The molecule has 1 rings (SSSR count). The zero-order chi connectivity index (χ0) is 15.0. The largest absolute Gasteiger partial charge is 0.490 e. The number of hydrogen-bond donors (Lipinski definition) is 1. The Morgan fingerprint density at radius 2 is 1.55 bits per heavy atom. The van der Waals surface area contributed by atoms with Gasteiger partial charge in [0.1, 0.15) is 0 Å². The van der Waals surface area contributed by atoms with E-state index in [2.05, 4.69) is 0 Å². The second kappa shape index (κ2) is 8.09. The smallest absolute Gasteiger partial charge is 0.328 e. The van der Waals surface area contributed by atoms with E-state index in [1.165, 1.54) is 6.08 Å². The Hall–Kier alpha value is -2.17. The van der Waals surface area contributed by atoms with E-state index in [4.69, 9.17) is 19.3 Å². The van der Waals surface area contributed by atoms with Crippen molar-refractivity contribution in [2.75, 3.05) is 19.8 Å². The van der Waals surface area contributed by atoms with Crippen LogP contribution in [-0.4, -0.2) is 30.9 Å². The number of hydrogen-bond acceptors (Lipinski definition) is 4. The Morgan fingerprint density at radius 3 is 1.95 bits per heavy atom. The molecule has 5 heteroatoms. The van der Waals surface area contributed by atoms with E-state index >= 15 is 0 Å². The van der Waals surface area contributed by atoms with Crippen molar-refractivity contribution < 1.29 is 24.1 Å². The maximum absolute atomic E-state index is 10.6. The summed E-state index contributed by atoms with van der Waals surface area (Å²) in [4.78, 5) is 10.6. The molecule has 0 atom stereocenters. The third-order valence-electron chi connectivity index (χ3n) is 2.35. The van der Waals surface area contributed by atoms with Crippen LogP contribution in [0.1, 0.15) is 26.3 Å². The SMILES string of the molecule is CCOc1cc(C=CC(=O)O)cc(OCC)c1OCC. The van der Waals surface area contributed by atoms with Gasteiger partial charge in [0.2, 0.25) is 5.75 Å². The van der Waals surface area contributed by atoms with Crippen LogP contribution in [0, 0.1) is 0 Å². The molecule has 0 saturated carbocycles. The van der Waals surface area contributed by atoms with Crippen LogP contribution >= 0.6 is 0 Å². The summed E-state index contributed by atoms with van der Waals surface area (Å²) in [7, 11) is 0. The van der Waals surface area contributed by atoms with E-state index in [-0.39, 0.29) is 0 Å². The Kier molecular flexibility index (Phi) is 6.43. The Bertz CT molecular complexity index is 452. The quantitative estimate of drug-likeness (QED) is 0.742. The van der Waals surface area contributed by atoms with Crippen molar-refractivity contribution >= 4 is 12.0 Å². The molecule has 0 fully saturated rings. The lowest BCUT2D eigenvalue weighted by atomic mass is 10.1. The fraction of sp³-hybridized carbons (Fsp3) is 0.400. The van der Waals surface area contributed by atoms with Crippen LogP contribution < -0.4 is 14.2 Å². The van der Waals surface area contributed by atoms with Gasteiger partial charge in [0.05, 0.1) is 19.8 Å². The van der Waals surface area contributed by atoms with Gasteiger partial charge in [-0.05, 0) is 44.5 Å². The lowest BCUT2D eigenvalue weighted by Crippen LogP contribution is -2.03. The maximum Gasteiger partial charge on any atom is 0.328 e. The molecule has 0 aromatic heterocycles. The number of carboxylic acid groups (broad SMARTS) is 1. The van der Waals surface area contributed by atoms with Crippen LogP contribution in [0.15, 0.2) is 18.2 Å². The molecule has 0 aliphatic heterocycles.